The topological polar surface area (TPSA) is 30.5 Å². The molecule has 0 rings (SSSR count). The Morgan fingerprint density at radius 1 is 1.36 bits per heavy atom. The van der Waals surface area contributed by atoms with Gasteiger partial charge in [0.05, 0.1) is 12.7 Å². The summed E-state index contributed by atoms with van der Waals surface area (Å²) in [6.45, 7) is 1.85. The van der Waals surface area contributed by atoms with Gasteiger partial charge in [-0.3, -0.25) is 0 Å². The van der Waals surface area contributed by atoms with Gasteiger partial charge in [0.1, 0.15) is 6.61 Å². The lowest BCUT2D eigenvalue weighted by atomic mass is 10.3. The molecule has 0 heterocycles. The number of hydrogen-bond acceptors (Lipinski definition) is 3. The highest BCUT2D eigenvalue weighted by Gasteiger charge is 2.29. The molecule has 0 saturated carbocycles. The van der Waals surface area contributed by atoms with E-state index in [-0.39, 0.29) is 6.61 Å². The van der Waals surface area contributed by atoms with Crippen molar-refractivity contribution in [1.29, 1.82) is 0 Å². The van der Waals surface area contributed by atoms with Crippen LogP contribution in [-0.2, 0) is 9.47 Å². The third-order valence-electron chi connectivity index (χ3n) is 1.46. The molecule has 3 nitrogen and oxygen atoms in total. The van der Waals surface area contributed by atoms with Gasteiger partial charge in [-0.2, -0.15) is 13.2 Å². The highest BCUT2D eigenvalue weighted by Crippen LogP contribution is 2.15. The van der Waals surface area contributed by atoms with Gasteiger partial charge in [0.15, 0.2) is 0 Å². The maximum atomic E-state index is 11.8. The number of nitrogens with one attached hydrogen (secondary N) is 1. The predicted molar refractivity (Wildman–Crippen MR) is 46.2 cm³/mol. The van der Waals surface area contributed by atoms with Gasteiger partial charge in [0, 0.05) is 13.7 Å². The second-order valence-electron chi connectivity index (χ2n) is 2.81. The minimum absolute atomic E-state index is 0.156. The Balaban J connectivity index is 3.72. The van der Waals surface area contributed by atoms with Crippen LogP contribution in [0.25, 0.3) is 0 Å². The summed E-state index contributed by atoms with van der Waals surface area (Å²) < 4.78 is 44.7. The van der Waals surface area contributed by atoms with E-state index in [1.54, 1.807) is 0 Å². The number of alkyl halides is 3. The zero-order valence-corrected chi connectivity index (χ0v) is 8.36. The number of ether oxygens (including phenoxy) is 2. The molecule has 1 atom stereocenters. The number of hydrogen-bond donors (Lipinski definition) is 1. The third kappa shape index (κ3) is 8.28. The molecule has 0 fully saturated rings. The molecule has 0 aliphatic carbocycles. The van der Waals surface area contributed by atoms with Crippen molar-refractivity contribution in [2.24, 2.45) is 0 Å². The summed E-state index contributed by atoms with van der Waals surface area (Å²) in [6.07, 6.45) is -4.83. The van der Waals surface area contributed by atoms with Crippen molar-refractivity contribution in [3.05, 3.63) is 0 Å². The molecule has 0 amide bonds. The molecule has 14 heavy (non-hydrogen) atoms. The Kier molecular flexibility index (Phi) is 6.86. The van der Waals surface area contributed by atoms with Crippen molar-refractivity contribution >= 4 is 0 Å². The van der Waals surface area contributed by atoms with Crippen LogP contribution >= 0.6 is 0 Å². The van der Waals surface area contributed by atoms with E-state index < -0.39 is 18.9 Å². The summed E-state index contributed by atoms with van der Waals surface area (Å²) in [7, 11) is 1.43. The Bertz CT molecular complexity index is 141. The Hall–Kier alpha value is -0.330. The SMILES string of the molecule is CCNCC(COC)OCC(F)(F)F. The average molecular weight is 215 g/mol. The van der Waals surface area contributed by atoms with Crippen LogP contribution < -0.4 is 5.32 Å². The van der Waals surface area contributed by atoms with E-state index in [0.29, 0.717) is 13.1 Å². The van der Waals surface area contributed by atoms with Gasteiger partial charge < -0.3 is 14.8 Å². The summed E-state index contributed by atoms with van der Waals surface area (Å²) in [5.41, 5.74) is 0. The van der Waals surface area contributed by atoms with Gasteiger partial charge in [-0.05, 0) is 6.54 Å². The number of likely N-dealkylation sites (N-methyl/N-ethyl adjacent to an activating group) is 1. The lowest BCUT2D eigenvalue weighted by molar-refractivity contribution is -0.188. The first-order chi connectivity index (χ1) is 6.49. The highest BCUT2D eigenvalue weighted by molar-refractivity contribution is 4.61. The maximum Gasteiger partial charge on any atom is 0.411 e. The van der Waals surface area contributed by atoms with Crippen LogP contribution in [0, 0.1) is 0 Å². The van der Waals surface area contributed by atoms with E-state index in [9.17, 15) is 13.2 Å². The smallest absolute Gasteiger partial charge is 0.382 e. The molecule has 0 spiro atoms. The van der Waals surface area contributed by atoms with Gasteiger partial charge in [-0.25, -0.2) is 0 Å². The number of methoxy groups -OCH3 is 1. The van der Waals surface area contributed by atoms with Crippen molar-refractivity contribution in [2.45, 2.75) is 19.2 Å². The van der Waals surface area contributed by atoms with Gasteiger partial charge in [0.2, 0.25) is 0 Å². The molecule has 0 aliphatic rings. The van der Waals surface area contributed by atoms with Crippen LogP contribution in [0.4, 0.5) is 13.2 Å². The van der Waals surface area contributed by atoms with E-state index in [1.807, 2.05) is 6.92 Å². The molecule has 6 heteroatoms. The minimum atomic E-state index is -4.28. The second kappa shape index (κ2) is 7.03. The van der Waals surface area contributed by atoms with Crippen molar-refractivity contribution in [1.82, 2.24) is 5.32 Å². The van der Waals surface area contributed by atoms with E-state index in [2.05, 4.69) is 10.1 Å². The molecule has 86 valence electrons. The van der Waals surface area contributed by atoms with Crippen LogP contribution in [0.1, 0.15) is 6.92 Å². The number of rotatable bonds is 7. The molecule has 0 aromatic rings. The van der Waals surface area contributed by atoms with E-state index in [1.165, 1.54) is 7.11 Å². The molecule has 0 radical (unpaired) electrons. The minimum Gasteiger partial charge on any atom is -0.382 e. The lowest BCUT2D eigenvalue weighted by Gasteiger charge is -2.18. The van der Waals surface area contributed by atoms with E-state index in [0.717, 1.165) is 0 Å². The molecule has 0 aromatic heterocycles. The van der Waals surface area contributed by atoms with Crippen LogP contribution in [-0.4, -0.2) is 45.7 Å². The summed E-state index contributed by atoms with van der Waals surface area (Å²) in [5.74, 6) is 0. The van der Waals surface area contributed by atoms with Crippen molar-refractivity contribution in [2.75, 3.05) is 33.4 Å². The quantitative estimate of drug-likeness (QED) is 0.692. The van der Waals surface area contributed by atoms with Crippen molar-refractivity contribution in [3.8, 4) is 0 Å². The summed E-state index contributed by atoms with van der Waals surface area (Å²) in [4.78, 5) is 0. The normalized spacial score (nSPS) is 14.4. The van der Waals surface area contributed by atoms with Crippen LogP contribution in [0.2, 0.25) is 0 Å². The first-order valence-corrected chi connectivity index (χ1v) is 4.37. The zero-order chi connectivity index (χ0) is 11.0. The molecular formula is C8H16F3NO2. The Labute approximate surface area is 81.6 Å². The van der Waals surface area contributed by atoms with Crippen LogP contribution in [0.15, 0.2) is 0 Å². The van der Waals surface area contributed by atoms with Gasteiger partial charge >= 0.3 is 6.18 Å². The first-order valence-electron chi connectivity index (χ1n) is 4.37. The Morgan fingerprint density at radius 3 is 2.43 bits per heavy atom. The third-order valence-corrected chi connectivity index (χ3v) is 1.46. The standard InChI is InChI=1S/C8H16F3NO2/c1-3-12-4-7(5-13-2)14-6-8(9,10)11/h7,12H,3-6H2,1-2H3. The first kappa shape index (κ1) is 13.7. The molecule has 1 N–H and O–H groups in total. The molecular weight excluding hydrogens is 199 g/mol. The highest BCUT2D eigenvalue weighted by atomic mass is 19.4. The monoisotopic (exact) mass is 215 g/mol. The van der Waals surface area contributed by atoms with Gasteiger partial charge in [-0.1, -0.05) is 6.92 Å². The van der Waals surface area contributed by atoms with E-state index >= 15 is 0 Å². The Morgan fingerprint density at radius 2 is 2.00 bits per heavy atom. The summed E-state index contributed by atoms with van der Waals surface area (Å²) in [6, 6.07) is 0. The predicted octanol–water partition coefficient (Wildman–Crippen LogP) is 1.19. The lowest BCUT2D eigenvalue weighted by Crippen LogP contribution is -2.35. The molecule has 0 aromatic carbocycles. The summed E-state index contributed by atoms with van der Waals surface area (Å²) >= 11 is 0. The van der Waals surface area contributed by atoms with Crippen LogP contribution in [0.5, 0.6) is 0 Å². The fourth-order valence-corrected chi connectivity index (χ4v) is 0.870. The van der Waals surface area contributed by atoms with Crippen molar-refractivity contribution < 1.29 is 22.6 Å². The number of halogens is 3. The van der Waals surface area contributed by atoms with Crippen LogP contribution in [0.3, 0.4) is 0 Å². The molecule has 0 saturated heterocycles. The van der Waals surface area contributed by atoms with E-state index in [4.69, 9.17) is 4.74 Å². The van der Waals surface area contributed by atoms with Gasteiger partial charge in [-0.15, -0.1) is 0 Å². The maximum absolute atomic E-state index is 11.8. The fraction of sp³-hybridized carbons (Fsp3) is 1.00. The second-order valence-corrected chi connectivity index (χ2v) is 2.81. The largest absolute Gasteiger partial charge is 0.411 e. The molecule has 1 unspecified atom stereocenters. The molecule has 0 aliphatic heterocycles. The average Bonchev–Trinajstić information content (AvgIpc) is 2.08. The molecule has 0 bridgehead atoms. The fourth-order valence-electron chi connectivity index (χ4n) is 0.870. The summed E-state index contributed by atoms with van der Waals surface area (Å²) in [5, 5.41) is 2.90. The zero-order valence-electron chi connectivity index (χ0n) is 8.36. The van der Waals surface area contributed by atoms with Gasteiger partial charge in [0.25, 0.3) is 0 Å². The van der Waals surface area contributed by atoms with Crippen molar-refractivity contribution in [3.63, 3.8) is 0 Å².